The predicted octanol–water partition coefficient (Wildman–Crippen LogP) is 4.09. The third-order valence-electron chi connectivity index (χ3n) is 3.16. The molecule has 0 radical (unpaired) electrons. The lowest BCUT2D eigenvalue weighted by Crippen LogP contribution is -2.21. The summed E-state index contributed by atoms with van der Waals surface area (Å²) in [5.41, 5.74) is 2.00. The van der Waals surface area contributed by atoms with Crippen molar-refractivity contribution in [2.45, 2.75) is 19.6 Å². The van der Waals surface area contributed by atoms with Crippen molar-refractivity contribution in [3.63, 3.8) is 0 Å². The van der Waals surface area contributed by atoms with Crippen LogP contribution in [0.4, 0.5) is 0 Å². The maximum absolute atomic E-state index is 10.1. The molecule has 0 fully saturated rings. The molecule has 1 atom stereocenters. The first-order valence-corrected chi connectivity index (χ1v) is 7.85. The highest BCUT2D eigenvalue weighted by atomic mass is 79.9. The zero-order valence-corrected chi connectivity index (χ0v) is 14.9. The van der Waals surface area contributed by atoms with E-state index < -0.39 is 6.10 Å². The number of rotatable bonds is 7. The van der Waals surface area contributed by atoms with Crippen LogP contribution in [0.1, 0.15) is 24.2 Å². The molecule has 0 aliphatic rings. The second-order valence-electron chi connectivity index (χ2n) is 4.74. The van der Waals surface area contributed by atoms with Gasteiger partial charge in [0.25, 0.3) is 0 Å². The van der Waals surface area contributed by atoms with E-state index in [-0.39, 0.29) is 12.4 Å². The molecule has 0 amide bonds. The van der Waals surface area contributed by atoms with Crippen molar-refractivity contribution < 1.29 is 9.84 Å². The molecule has 1 unspecified atom stereocenters. The summed E-state index contributed by atoms with van der Waals surface area (Å²) in [6.45, 7) is 3.76. The van der Waals surface area contributed by atoms with Crippen LogP contribution in [-0.2, 0) is 6.54 Å². The van der Waals surface area contributed by atoms with Crippen LogP contribution in [0.5, 0.6) is 5.75 Å². The van der Waals surface area contributed by atoms with Crippen molar-refractivity contribution in [3.05, 3.63) is 64.1 Å². The highest BCUT2D eigenvalue weighted by Crippen LogP contribution is 2.23. The van der Waals surface area contributed by atoms with Crippen LogP contribution in [0.15, 0.2) is 53.0 Å². The zero-order valence-electron chi connectivity index (χ0n) is 12.5. The molecule has 0 heterocycles. The molecule has 0 aliphatic heterocycles. The Morgan fingerprint density at radius 2 is 1.91 bits per heavy atom. The normalized spacial score (nSPS) is 11.6. The van der Waals surface area contributed by atoms with Crippen LogP contribution in [0, 0.1) is 0 Å². The minimum absolute atomic E-state index is 0. The van der Waals surface area contributed by atoms with Crippen LogP contribution in [0.2, 0.25) is 0 Å². The lowest BCUT2D eigenvalue weighted by Gasteiger charge is -2.14. The summed E-state index contributed by atoms with van der Waals surface area (Å²) in [6, 6.07) is 15.6. The Morgan fingerprint density at radius 1 is 1.18 bits per heavy atom. The van der Waals surface area contributed by atoms with Crippen molar-refractivity contribution in [1.29, 1.82) is 0 Å². The molecule has 0 spiro atoms. The van der Waals surface area contributed by atoms with Gasteiger partial charge in [-0.3, -0.25) is 0 Å². The Morgan fingerprint density at radius 3 is 2.59 bits per heavy atom. The van der Waals surface area contributed by atoms with Gasteiger partial charge in [-0.2, -0.15) is 0 Å². The van der Waals surface area contributed by atoms with Crippen molar-refractivity contribution >= 4 is 28.3 Å². The first kappa shape index (κ1) is 19.0. The Balaban J connectivity index is 0.00000242. The van der Waals surface area contributed by atoms with Gasteiger partial charge in [-0.1, -0.05) is 46.3 Å². The van der Waals surface area contributed by atoms with E-state index in [1.807, 2.05) is 55.5 Å². The van der Waals surface area contributed by atoms with Gasteiger partial charge in [0.1, 0.15) is 5.75 Å². The number of halogens is 2. The zero-order chi connectivity index (χ0) is 15.1. The summed E-state index contributed by atoms with van der Waals surface area (Å²) < 4.78 is 6.63. The highest BCUT2D eigenvalue weighted by molar-refractivity contribution is 9.10. The summed E-state index contributed by atoms with van der Waals surface area (Å²) >= 11 is 3.47. The average Bonchev–Trinajstić information content (AvgIpc) is 2.51. The van der Waals surface area contributed by atoms with Crippen LogP contribution in [0.25, 0.3) is 0 Å². The number of aliphatic hydroxyl groups excluding tert-OH is 1. The summed E-state index contributed by atoms with van der Waals surface area (Å²) in [6.07, 6.45) is -0.506. The third-order valence-corrected chi connectivity index (χ3v) is 3.65. The van der Waals surface area contributed by atoms with Crippen molar-refractivity contribution in [2.24, 2.45) is 0 Å². The van der Waals surface area contributed by atoms with Gasteiger partial charge >= 0.3 is 0 Å². The van der Waals surface area contributed by atoms with Crippen LogP contribution < -0.4 is 10.1 Å². The lowest BCUT2D eigenvalue weighted by atomic mass is 10.1. The standard InChI is InChI=1S/C17H20BrNO2.ClH/c1-2-21-17-9-8-15(18)10-14(17)11-19-12-16(20)13-6-4-3-5-7-13;/h3-10,16,19-20H,2,11-12H2,1H3;1H. The third kappa shape index (κ3) is 5.61. The molecule has 2 rings (SSSR count). The van der Waals surface area contributed by atoms with Crippen LogP contribution >= 0.6 is 28.3 Å². The second-order valence-corrected chi connectivity index (χ2v) is 5.66. The summed E-state index contributed by atoms with van der Waals surface area (Å²) in [5, 5.41) is 13.4. The molecule has 22 heavy (non-hydrogen) atoms. The molecular weight excluding hydrogens is 366 g/mol. The summed E-state index contributed by atoms with van der Waals surface area (Å²) in [4.78, 5) is 0. The van der Waals surface area contributed by atoms with E-state index in [9.17, 15) is 5.11 Å². The van der Waals surface area contributed by atoms with E-state index in [1.54, 1.807) is 0 Å². The number of aliphatic hydroxyl groups is 1. The molecule has 2 aromatic carbocycles. The van der Waals surface area contributed by atoms with Gasteiger partial charge < -0.3 is 15.2 Å². The molecule has 0 aliphatic carbocycles. The Kier molecular flexibility index (Phi) is 8.49. The first-order chi connectivity index (χ1) is 10.2. The van der Waals surface area contributed by atoms with Gasteiger partial charge in [-0.25, -0.2) is 0 Å². The van der Waals surface area contributed by atoms with Crippen molar-refractivity contribution in [1.82, 2.24) is 5.32 Å². The van der Waals surface area contributed by atoms with Crippen molar-refractivity contribution in [3.8, 4) is 5.75 Å². The largest absolute Gasteiger partial charge is 0.494 e. The van der Waals surface area contributed by atoms with Gasteiger partial charge in [-0.15, -0.1) is 12.4 Å². The van der Waals surface area contributed by atoms with Gasteiger partial charge in [0.2, 0.25) is 0 Å². The van der Waals surface area contributed by atoms with E-state index in [0.717, 1.165) is 21.3 Å². The van der Waals surface area contributed by atoms with Crippen LogP contribution in [0.3, 0.4) is 0 Å². The fourth-order valence-corrected chi connectivity index (χ4v) is 2.53. The van der Waals surface area contributed by atoms with Gasteiger partial charge in [0.05, 0.1) is 12.7 Å². The molecular formula is C17H21BrClNO2. The number of hydrogen-bond donors (Lipinski definition) is 2. The Labute approximate surface area is 146 Å². The van der Waals surface area contributed by atoms with E-state index in [2.05, 4.69) is 21.2 Å². The fourth-order valence-electron chi connectivity index (χ4n) is 2.12. The number of nitrogens with one attached hydrogen (secondary N) is 1. The SMILES string of the molecule is CCOc1ccc(Br)cc1CNCC(O)c1ccccc1.Cl. The second kappa shape index (κ2) is 9.85. The topological polar surface area (TPSA) is 41.5 Å². The predicted molar refractivity (Wildman–Crippen MR) is 95.7 cm³/mol. The smallest absolute Gasteiger partial charge is 0.123 e. The monoisotopic (exact) mass is 385 g/mol. The molecule has 120 valence electrons. The van der Waals surface area contributed by atoms with E-state index >= 15 is 0 Å². The minimum atomic E-state index is -0.506. The molecule has 2 N–H and O–H groups in total. The van der Waals surface area contributed by atoms with Gasteiger partial charge in [0, 0.05) is 23.1 Å². The first-order valence-electron chi connectivity index (χ1n) is 7.05. The number of hydrogen-bond acceptors (Lipinski definition) is 3. The molecule has 0 bridgehead atoms. The molecule has 3 nitrogen and oxygen atoms in total. The van der Waals surface area contributed by atoms with Gasteiger partial charge in [-0.05, 0) is 30.7 Å². The van der Waals surface area contributed by atoms with E-state index in [0.29, 0.717) is 19.7 Å². The Hall–Kier alpha value is -1.07. The number of benzene rings is 2. The van der Waals surface area contributed by atoms with Crippen LogP contribution in [-0.4, -0.2) is 18.3 Å². The van der Waals surface area contributed by atoms with Gasteiger partial charge in [0.15, 0.2) is 0 Å². The maximum Gasteiger partial charge on any atom is 0.123 e. The molecule has 2 aromatic rings. The molecule has 0 saturated heterocycles. The number of ether oxygens (including phenoxy) is 1. The molecule has 0 saturated carbocycles. The molecule has 0 aromatic heterocycles. The highest BCUT2D eigenvalue weighted by Gasteiger charge is 2.08. The average molecular weight is 387 g/mol. The molecule has 5 heteroatoms. The Bertz CT molecular complexity index is 566. The summed E-state index contributed by atoms with van der Waals surface area (Å²) in [5.74, 6) is 0.877. The minimum Gasteiger partial charge on any atom is -0.494 e. The van der Waals surface area contributed by atoms with E-state index in [1.165, 1.54) is 0 Å². The van der Waals surface area contributed by atoms with E-state index in [4.69, 9.17) is 4.74 Å². The quantitative estimate of drug-likeness (QED) is 0.753. The lowest BCUT2D eigenvalue weighted by molar-refractivity contribution is 0.174. The van der Waals surface area contributed by atoms with Crippen molar-refractivity contribution in [2.75, 3.05) is 13.2 Å². The fraction of sp³-hybridized carbons (Fsp3) is 0.294. The summed E-state index contributed by atoms with van der Waals surface area (Å²) in [7, 11) is 0. The maximum atomic E-state index is 10.1.